The van der Waals surface area contributed by atoms with Gasteiger partial charge in [0, 0.05) is 6.54 Å². The number of hydrogen-bond donors (Lipinski definition) is 1. The van der Waals surface area contributed by atoms with E-state index in [2.05, 4.69) is 4.90 Å². The Hall–Kier alpha value is -3.18. The Bertz CT molecular complexity index is 989. The fourth-order valence-electron chi connectivity index (χ4n) is 4.19. The van der Waals surface area contributed by atoms with Crippen molar-refractivity contribution in [3.8, 4) is 5.75 Å². The van der Waals surface area contributed by atoms with Crippen LogP contribution in [0.4, 0.5) is 4.39 Å². The van der Waals surface area contributed by atoms with E-state index < -0.39 is 5.97 Å². The molecule has 0 radical (unpaired) electrons. The lowest BCUT2D eigenvalue weighted by molar-refractivity contribution is -0.143. The van der Waals surface area contributed by atoms with Gasteiger partial charge in [-0.15, -0.1) is 0 Å². The van der Waals surface area contributed by atoms with Gasteiger partial charge in [-0.2, -0.15) is 0 Å². The molecular formula is C26H26FNO3. The minimum Gasteiger partial charge on any atom is -0.489 e. The van der Waals surface area contributed by atoms with Crippen molar-refractivity contribution in [3.05, 3.63) is 101 Å². The summed E-state index contributed by atoms with van der Waals surface area (Å²) in [5.74, 6) is -0.654. The molecule has 3 aromatic rings. The molecule has 1 saturated heterocycles. The van der Waals surface area contributed by atoms with Crippen molar-refractivity contribution in [2.24, 2.45) is 5.92 Å². The molecule has 2 unspecified atom stereocenters. The van der Waals surface area contributed by atoms with Crippen molar-refractivity contribution in [3.63, 3.8) is 0 Å². The van der Waals surface area contributed by atoms with Gasteiger partial charge < -0.3 is 9.84 Å². The van der Waals surface area contributed by atoms with Gasteiger partial charge in [0.25, 0.3) is 0 Å². The van der Waals surface area contributed by atoms with Crippen LogP contribution in [0.15, 0.2) is 78.9 Å². The fourth-order valence-corrected chi connectivity index (χ4v) is 4.19. The zero-order chi connectivity index (χ0) is 21.6. The van der Waals surface area contributed by atoms with Crippen molar-refractivity contribution in [1.82, 2.24) is 4.90 Å². The number of ether oxygens (including phenoxy) is 1. The molecule has 4 nitrogen and oxygen atoms in total. The van der Waals surface area contributed by atoms with E-state index in [0.29, 0.717) is 19.6 Å². The second-order valence-electron chi connectivity index (χ2n) is 7.97. The van der Waals surface area contributed by atoms with E-state index in [-0.39, 0.29) is 17.8 Å². The van der Waals surface area contributed by atoms with Gasteiger partial charge in [-0.1, -0.05) is 54.6 Å². The topological polar surface area (TPSA) is 49.8 Å². The maximum Gasteiger partial charge on any atom is 0.307 e. The molecule has 0 bridgehead atoms. The summed E-state index contributed by atoms with van der Waals surface area (Å²) in [5.41, 5.74) is 3.08. The molecule has 1 N–H and O–H groups in total. The Morgan fingerprint density at radius 3 is 2.29 bits per heavy atom. The molecule has 0 saturated carbocycles. The number of hydrogen-bond acceptors (Lipinski definition) is 3. The van der Waals surface area contributed by atoms with Gasteiger partial charge in [0.2, 0.25) is 0 Å². The third kappa shape index (κ3) is 5.30. The molecule has 0 aliphatic carbocycles. The average molecular weight is 419 g/mol. The second kappa shape index (κ2) is 9.75. The van der Waals surface area contributed by atoms with E-state index >= 15 is 0 Å². The van der Waals surface area contributed by atoms with Crippen molar-refractivity contribution in [2.45, 2.75) is 25.5 Å². The highest BCUT2D eigenvalue weighted by atomic mass is 19.1. The predicted octanol–water partition coefficient (Wildman–Crippen LogP) is 5.29. The van der Waals surface area contributed by atoms with Gasteiger partial charge in [-0.3, -0.25) is 9.69 Å². The van der Waals surface area contributed by atoms with Gasteiger partial charge in [0.1, 0.15) is 18.2 Å². The summed E-state index contributed by atoms with van der Waals surface area (Å²) in [6.07, 6.45) is 1.52. The Labute approximate surface area is 181 Å². The van der Waals surface area contributed by atoms with Crippen LogP contribution in [0.2, 0.25) is 0 Å². The van der Waals surface area contributed by atoms with Crippen LogP contribution >= 0.6 is 0 Å². The minimum absolute atomic E-state index is 0.133. The lowest BCUT2D eigenvalue weighted by Crippen LogP contribution is -2.41. The number of likely N-dealkylation sites (tertiary alicyclic amines) is 1. The molecule has 5 heteroatoms. The van der Waals surface area contributed by atoms with Crippen LogP contribution in [0, 0.1) is 11.7 Å². The summed E-state index contributed by atoms with van der Waals surface area (Å²) in [5, 5.41) is 9.51. The number of piperidine rings is 1. The van der Waals surface area contributed by atoms with Crippen molar-refractivity contribution in [2.75, 3.05) is 13.1 Å². The Morgan fingerprint density at radius 1 is 1.00 bits per heavy atom. The number of carboxylic acids is 1. The molecule has 31 heavy (non-hydrogen) atoms. The van der Waals surface area contributed by atoms with Crippen molar-refractivity contribution < 1.29 is 19.0 Å². The molecule has 1 aliphatic heterocycles. The van der Waals surface area contributed by atoms with Gasteiger partial charge >= 0.3 is 5.97 Å². The Kier molecular flexibility index (Phi) is 6.63. The van der Waals surface area contributed by atoms with E-state index in [1.54, 1.807) is 12.1 Å². The average Bonchev–Trinajstić information content (AvgIpc) is 2.81. The van der Waals surface area contributed by atoms with E-state index in [1.807, 2.05) is 54.6 Å². The number of carboxylic acid groups (broad SMARTS) is 1. The first-order chi connectivity index (χ1) is 15.1. The van der Waals surface area contributed by atoms with Crippen LogP contribution in [0.1, 0.15) is 35.6 Å². The van der Waals surface area contributed by atoms with Gasteiger partial charge in [-0.25, -0.2) is 4.39 Å². The Balaban J connectivity index is 1.56. The molecule has 160 valence electrons. The number of rotatable bonds is 7. The summed E-state index contributed by atoms with van der Waals surface area (Å²) in [6.45, 7) is 1.77. The van der Waals surface area contributed by atoms with E-state index in [9.17, 15) is 14.3 Å². The van der Waals surface area contributed by atoms with Gasteiger partial charge in [-0.05, 0) is 60.3 Å². The maximum atomic E-state index is 13.5. The fraction of sp³-hybridized carbons (Fsp3) is 0.269. The molecular weight excluding hydrogens is 393 g/mol. The van der Waals surface area contributed by atoms with Crippen LogP contribution in [0.5, 0.6) is 5.75 Å². The first-order valence-electron chi connectivity index (χ1n) is 10.6. The largest absolute Gasteiger partial charge is 0.489 e. The van der Waals surface area contributed by atoms with Crippen LogP contribution < -0.4 is 4.74 Å². The standard InChI is InChI=1S/C26H26FNO3/c27-23-12-8-20(9-13-23)25(28-16-4-7-22(17-28)26(29)30)21-10-14-24(15-11-21)31-18-19-5-2-1-3-6-19/h1-3,5-6,8-15,22,25H,4,7,16-18H2,(H,29,30). The van der Waals surface area contributed by atoms with Crippen molar-refractivity contribution in [1.29, 1.82) is 0 Å². The number of halogens is 1. The van der Waals surface area contributed by atoms with Crippen LogP contribution in [-0.4, -0.2) is 29.1 Å². The van der Waals surface area contributed by atoms with Gasteiger partial charge in [0.05, 0.1) is 12.0 Å². The monoisotopic (exact) mass is 419 g/mol. The molecule has 0 spiro atoms. The van der Waals surface area contributed by atoms with Crippen molar-refractivity contribution >= 4 is 5.97 Å². The molecule has 4 rings (SSSR count). The molecule has 3 aromatic carbocycles. The van der Waals surface area contributed by atoms with Gasteiger partial charge in [0.15, 0.2) is 0 Å². The van der Waals surface area contributed by atoms with E-state index in [1.165, 1.54) is 12.1 Å². The third-order valence-corrected chi connectivity index (χ3v) is 5.80. The number of nitrogens with zero attached hydrogens (tertiary/aromatic N) is 1. The highest BCUT2D eigenvalue weighted by Crippen LogP contribution is 2.33. The third-order valence-electron chi connectivity index (χ3n) is 5.80. The van der Waals surface area contributed by atoms with E-state index in [0.717, 1.165) is 35.4 Å². The highest BCUT2D eigenvalue weighted by Gasteiger charge is 2.31. The van der Waals surface area contributed by atoms with Crippen LogP contribution in [0.3, 0.4) is 0 Å². The lowest BCUT2D eigenvalue weighted by atomic mass is 9.91. The quantitative estimate of drug-likeness (QED) is 0.565. The SMILES string of the molecule is O=C(O)C1CCCN(C(c2ccc(F)cc2)c2ccc(OCc3ccccc3)cc2)C1. The number of carbonyl (C=O) groups is 1. The molecule has 1 fully saturated rings. The molecule has 1 heterocycles. The smallest absolute Gasteiger partial charge is 0.307 e. The summed E-state index contributed by atoms with van der Waals surface area (Å²) in [4.78, 5) is 13.8. The lowest BCUT2D eigenvalue weighted by Gasteiger charge is -2.37. The Morgan fingerprint density at radius 2 is 1.65 bits per heavy atom. The van der Waals surface area contributed by atoms with E-state index in [4.69, 9.17) is 4.74 Å². The first-order valence-corrected chi connectivity index (χ1v) is 10.6. The molecule has 0 amide bonds. The second-order valence-corrected chi connectivity index (χ2v) is 7.97. The minimum atomic E-state index is -0.757. The van der Waals surface area contributed by atoms with Crippen LogP contribution in [-0.2, 0) is 11.4 Å². The molecule has 2 atom stereocenters. The number of aliphatic carboxylic acids is 1. The highest BCUT2D eigenvalue weighted by molar-refractivity contribution is 5.70. The summed E-state index contributed by atoms with van der Waals surface area (Å²) in [7, 11) is 0. The molecule has 0 aromatic heterocycles. The first kappa shape index (κ1) is 21.1. The number of benzene rings is 3. The maximum absolute atomic E-state index is 13.5. The molecule has 1 aliphatic rings. The predicted molar refractivity (Wildman–Crippen MR) is 117 cm³/mol. The summed E-state index contributed by atoms with van der Waals surface area (Å²) in [6, 6.07) is 24.2. The summed E-state index contributed by atoms with van der Waals surface area (Å²) >= 11 is 0. The zero-order valence-corrected chi connectivity index (χ0v) is 17.3. The summed E-state index contributed by atoms with van der Waals surface area (Å²) < 4.78 is 19.4. The normalized spacial score (nSPS) is 17.8. The zero-order valence-electron chi connectivity index (χ0n) is 17.3. The van der Waals surface area contributed by atoms with Crippen LogP contribution in [0.25, 0.3) is 0 Å².